The Labute approximate surface area is 173 Å². The molecule has 1 amide bonds. The minimum absolute atomic E-state index is 0.111. The van der Waals surface area contributed by atoms with Crippen LogP contribution in [-0.2, 0) is 10.1 Å². The van der Waals surface area contributed by atoms with Crippen LogP contribution < -0.4 is 9.50 Å². The first-order chi connectivity index (χ1) is 14.3. The van der Waals surface area contributed by atoms with E-state index in [-0.39, 0.29) is 16.6 Å². The van der Waals surface area contributed by atoms with E-state index in [4.69, 9.17) is 4.18 Å². The summed E-state index contributed by atoms with van der Waals surface area (Å²) < 4.78 is 32.1. The van der Waals surface area contributed by atoms with Crippen molar-refractivity contribution in [3.63, 3.8) is 0 Å². The van der Waals surface area contributed by atoms with Crippen LogP contribution in [0.5, 0.6) is 5.75 Å². The van der Waals surface area contributed by atoms with Gasteiger partial charge in [0.1, 0.15) is 10.6 Å². The summed E-state index contributed by atoms with van der Waals surface area (Å²) in [5.41, 5.74) is 2.33. The van der Waals surface area contributed by atoms with E-state index in [0.717, 1.165) is 5.56 Å². The van der Waals surface area contributed by atoms with Gasteiger partial charge in [0.25, 0.3) is 5.91 Å². The number of carbonyl (C=O) groups is 1. The quantitative estimate of drug-likeness (QED) is 0.495. The van der Waals surface area contributed by atoms with Crippen molar-refractivity contribution in [1.29, 1.82) is 0 Å². The second kappa shape index (κ2) is 7.60. The van der Waals surface area contributed by atoms with Crippen molar-refractivity contribution in [2.24, 2.45) is 0 Å². The SMILES string of the molecule is Cc1ccc(C)c(S(=O)(=O)Oc2ccc(C(=O)Nc3nnc4ccccn34)cc2)c1. The summed E-state index contributed by atoms with van der Waals surface area (Å²) >= 11 is 0. The number of anilines is 1. The van der Waals surface area contributed by atoms with Crippen LogP contribution >= 0.6 is 0 Å². The Bertz CT molecular complexity index is 1350. The molecule has 4 aromatic rings. The lowest BCUT2D eigenvalue weighted by Crippen LogP contribution is -2.14. The summed E-state index contributed by atoms with van der Waals surface area (Å²) in [6.07, 6.45) is 1.74. The fourth-order valence-electron chi connectivity index (χ4n) is 2.91. The number of pyridine rings is 1. The lowest BCUT2D eigenvalue weighted by molar-refractivity contribution is 0.102. The molecule has 0 fully saturated rings. The van der Waals surface area contributed by atoms with Crippen molar-refractivity contribution >= 4 is 27.6 Å². The highest BCUT2D eigenvalue weighted by atomic mass is 32.2. The number of aromatic nitrogens is 3. The molecule has 0 bridgehead atoms. The Balaban J connectivity index is 1.51. The van der Waals surface area contributed by atoms with E-state index in [9.17, 15) is 13.2 Å². The lowest BCUT2D eigenvalue weighted by atomic mass is 10.2. The number of hydrogen-bond acceptors (Lipinski definition) is 6. The second-order valence-electron chi connectivity index (χ2n) is 6.74. The van der Waals surface area contributed by atoms with Gasteiger partial charge in [0.2, 0.25) is 5.95 Å². The van der Waals surface area contributed by atoms with Crippen molar-refractivity contribution in [3.05, 3.63) is 83.6 Å². The molecule has 0 aliphatic rings. The van der Waals surface area contributed by atoms with Gasteiger partial charge < -0.3 is 4.18 Å². The first-order valence-electron chi connectivity index (χ1n) is 9.06. The number of aryl methyl sites for hydroxylation is 2. The number of hydrogen-bond donors (Lipinski definition) is 1. The van der Waals surface area contributed by atoms with E-state index in [0.29, 0.717) is 16.8 Å². The van der Waals surface area contributed by atoms with Gasteiger partial charge in [-0.2, -0.15) is 8.42 Å². The van der Waals surface area contributed by atoms with Crippen LogP contribution in [0.1, 0.15) is 21.5 Å². The molecule has 30 heavy (non-hydrogen) atoms. The maximum atomic E-state index is 12.6. The first kappa shape index (κ1) is 19.6. The van der Waals surface area contributed by atoms with Gasteiger partial charge in [-0.25, -0.2) is 0 Å². The maximum absolute atomic E-state index is 12.6. The summed E-state index contributed by atoms with van der Waals surface area (Å²) in [6.45, 7) is 3.52. The molecule has 0 aliphatic carbocycles. The van der Waals surface area contributed by atoms with E-state index in [1.807, 2.05) is 19.1 Å². The molecule has 2 aromatic carbocycles. The van der Waals surface area contributed by atoms with Crippen LogP contribution in [0.3, 0.4) is 0 Å². The van der Waals surface area contributed by atoms with Crippen molar-refractivity contribution in [1.82, 2.24) is 14.6 Å². The number of carbonyl (C=O) groups excluding carboxylic acids is 1. The zero-order valence-electron chi connectivity index (χ0n) is 16.2. The molecule has 4 rings (SSSR count). The molecular formula is C21H18N4O4S. The number of amides is 1. The largest absolute Gasteiger partial charge is 0.379 e. The van der Waals surface area contributed by atoms with Gasteiger partial charge in [-0.05, 0) is 67.4 Å². The third-order valence-corrected chi connectivity index (χ3v) is 5.86. The number of nitrogens with zero attached hydrogens (tertiary/aromatic N) is 3. The Morgan fingerprint density at radius 1 is 1.00 bits per heavy atom. The molecule has 0 saturated carbocycles. The van der Waals surface area contributed by atoms with Gasteiger partial charge in [-0.3, -0.25) is 14.5 Å². The summed E-state index contributed by atoms with van der Waals surface area (Å²) in [5.74, 6) is -0.00843. The smallest absolute Gasteiger partial charge is 0.339 e. The molecule has 1 N–H and O–H groups in total. The van der Waals surface area contributed by atoms with E-state index in [1.165, 1.54) is 24.3 Å². The highest BCUT2D eigenvalue weighted by molar-refractivity contribution is 7.87. The van der Waals surface area contributed by atoms with Gasteiger partial charge in [0.15, 0.2) is 5.65 Å². The van der Waals surface area contributed by atoms with Crippen molar-refractivity contribution in [2.75, 3.05) is 5.32 Å². The zero-order valence-corrected chi connectivity index (χ0v) is 17.1. The monoisotopic (exact) mass is 422 g/mol. The first-order valence-corrected chi connectivity index (χ1v) is 10.5. The Morgan fingerprint density at radius 2 is 1.77 bits per heavy atom. The number of nitrogens with one attached hydrogen (secondary N) is 1. The predicted molar refractivity (Wildman–Crippen MR) is 111 cm³/mol. The maximum Gasteiger partial charge on any atom is 0.339 e. The van der Waals surface area contributed by atoms with E-state index in [1.54, 1.807) is 41.8 Å². The van der Waals surface area contributed by atoms with Gasteiger partial charge in [-0.15, -0.1) is 10.2 Å². The van der Waals surface area contributed by atoms with Crippen LogP contribution in [0.4, 0.5) is 5.95 Å². The van der Waals surface area contributed by atoms with Crippen LogP contribution in [0.25, 0.3) is 5.65 Å². The topological polar surface area (TPSA) is 103 Å². The summed E-state index contributed by atoms with van der Waals surface area (Å²) in [5, 5.41) is 10.6. The number of rotatable bonds is 5. The summed E-state index contributed by atoms with van der Waals surface area (Å²) in [7, 11) is -3.99. The van der Waals surface area contributed by atoms with Crippen LogP contribution in [0.15, 0.2) is 71.8 Å². The van der Waals surface area contributed by atoms with E-state index in [2.05, 4.69) is 15.5 Å². The minimum Gasteiger partial charge on any atom is -0.379 e. The van der Waals surface area contributed by atoms with Crippen molar-refractivity contribution < 1.29 is 17.4 Å². The molecule has 0 unspecified atom stereocenters. The third kappa shape index (κ3) is 3.87. The number of fused-ring (bicyclic) bond motifs is 1. The molecule has 9 heteroatoms. The lowest BCUT2D eigenvalue weighted by Gasteiger charge is -2.10. The van der Waals surface area contributed by atoms with Crippen molar-refractivity contribution in [3.8, 4) is 5.75 Å². The minimum atomic E-state index is -3.99. The molecule has 2 aromatic heterocycles. The molecule has 2 heterocycles. The van der Waals surface area contributed by atoms with Crippen LogP contribution in [0, 0.1) is 13.8 Å². The Morgan fingerprint density at radius 3 is 2.53 bits per heavy atom. The van der Waals surface area contributed by atoms with Gasteiger partial charge in [0, 0.05) is 11.8 Å². The highest BCUT2D eigenvalue weighted by Gasteiger charge is 2.20. The molecule has 0 atom stereocenters. The van der Waals surface area contributed by atoms with Crippen LogP contribution in [-0.4, -0.2) is 28.9 Å². The molecule has 0 radical (unpaired) electrons. The van der Waals surface area contributed by atoms with Crippen molar-refractivity contribution in [2.45, 2.75) is 18.7 Å². The fourth-order valence-corrected chi connectivity index (χ4v) is 4.16. The zero-order chi connectivity index (χ0) is 21.3. The third-order valence-electron chi connectivity index (χ3n) is 4.47. The molecule has 8 nitrogen and oxygen atoms in total. The molecule has 0 saturated heterocycles. The fraction of sp³-hybridized carbons (Fsp3) is 0.0952. The summed E-state index contributed by atoms with van der Waals surface area (Å²) in [6, 6.07) is 16.3. The van der Waals surface area contributed by atoms with E-state index < -0.39 is 16.0 Å². The predicted octanol–water partition coefficient (Wildman–Crippen LogP) is 3.37. The molecular weight excluding hydrogens is 404 g/mol. The average Bonchev–Trinajstić information content (AvgIpc) is 3.13. The molecule has 0 spiro atoms. The number of benzene rings is 2. The van der Waals surface area contributed by atoms with Gasteiger partial charge in [0.05, 0.1) is 0 Å². The van der Waals surface area contributed by atoms with E-state index >= 15 is 0 Å². The Kier molecular flexibility index (Phi) is 4.96. The second-order valence-corrected chi connectivity index (χ2v) is 8.25. The average molecular weight is 422 g/mol. The molecule has 152 valence electrons. The van der Waals surface area contributed by atoms with Crippen LogP contribution in [0.2, 0.25) is 0 Å². The normalized spacial score (nSPS) is 11.4. The van der Waals surface area contributed by atoms with Gasteiger partial charge >= 0.3 is 10.1 Å². The Hall–Kier alpha value is -3.72. The summed E-state index contributed by atoms with van der Waals surface area (Å²) in [4.78, 5) is 12.6. The standard InChI is InChI=1S/C21H18N4O4S/c1-14-6-7-15(2)18(13-14)30(27,28)29-17-10-8-16(9-11-17)20(26)22-21-24-23-19-5-3-4-12-25(19)21/h3-13H,1-2H3,(H,22,24,26). The highest BCUT2D eigenvalue weighted by Crippen LogP contribution is 2.23. The van der Waals surface area contributed by atoms with Gasteiger partial charge in [-0.1, -0.05) is 18.2 Å². The molecule has 0 aliphatic heterocycles.